The third-order valence-electron chi connectivity index (χ3n) is 4.69. The van der Waals surface area contributed by atoms with Gasteiger partial charge in [0, 0.05) is 48.9 Å². The average Bonchev–Trinajstić information content (AvgIpc) is 2.97. The van der Waals surface area contributed by atoms with Gasteiger partial charge < -0.3 is 10.1 Å². The molecule has 1 aliphatic heterocycles. The Balaban J connectivity index is 1.74. The van der Waals surface area contributed by atoms with Crippen molar-refractivity contribution in [2.75, 3.05) is 18.6 Å². The number of hydrogen-bond acceptors (Lipinski definition) is 6. The molecule has 0 radical (unpaired) electrons. The minimum Gasteiger partial charge on any atom is -0.386 e. The van der Waals surface area contributed by atoms with Crippen molar-refractivity contribution in [2.45, 2.75) is 39.6 Å². The van der Waals surface area contributed by atoms with Gasteiger partial charge in [-0.3, -0.25) is 14.4 Å². The number of nitrogens with zero attached hydrogens (tertiary/aromatic N) is 3. The summed E-state index contributed by atoms with van der Waals surface area (Å²) in [4.78, 5) is 17.5. The fourth-order valence-corrected chi connectivity index (χ4v) is 3.95. The van der Waals surface area contributed by atoms with Crippen molar-refractivity contribution in [1.82, 2.24) is 19.7 Å². The van der Waals surface area contributed by atoms with Crippen LogP contribution in [0.15, 0.2) is 17.1 Å². The molecule has 1 aliphatic rings. The van der Waals surface area contributed by atoms with Crippen LogP contribution in [0.25, 0.3) is 0 Å². The van der Waals surface area contributed by atoms with Crippen LogP contribution >= 0.6 is 0 Å². The topological polar surface area (TPSA) is 108 Å². The van der Waals surface area contributed by atoms with Gasteiger partial charge in [0.05, 0.1) is 23.7 Å². The first-order chi connectivity index (χ1) is 12.1. The molecule has 3 heterocycles. The highest BCUT2D eigenvalue weighted by atomic mass is 32.2. The highest BCUT2D eigenvalue weighted by Crippen LogP contribution is 2.20. The van der Waals surface area contributed by atoms with Gasteiger partial charge in [0.15, 0.2) is 5.43 Å². The second-order valence-electron chi connectivity index (χ2n) is 7.01. The van der Waals surface area contributed by atoms with Crippen LogP contribution in [0, 0.1) is 13.8 Å². The van der Waals surface area contributed by atoms with Crippen molar-refractivity contribution in [3.63, 3.8) is 0 Å². The lowest BCUT2D eigenvalue weighted by Crippen LogP contribution is -2.34. The maximum atomic E-state index is 12.1. The molecule has 2 aromatic heterocycles. The van der Waals surface area contributed by atoms with Gasteiger partial charge in [-0.1, -0.05) is 0 Å². The van der Waals surface area contributed by atoms with Gasteiger partial charge in [-0.05, 0) is 19.9 Å². The van der Waals surface area contributed by atoms with E-state index in [1.165, 1.54) is 0 Å². The fraction of sp³-hybridized carbons (Fsp3) is 0.529. The standard InChI is InChI=1S/C17H24N4O4S/c1-11-7-18-15(12(2)17(11)23)9-20-4-5-21-13(8-20)6-14(19-21)16(22)10-26(3,24)25/h6-7,16,22H,4-5,8-10H2,1-3H3,(H,18,23)/t16-/m1/s1. The first-order valence-electron chi connectivity index (χ1n) is 8.46. The SMILES string of the molecule is Cc1c[nH]c(CN2CCn3nc([C@H](O)CS(C)(=O)=O)cc3C2)c(C)c1=O. The van der Waals surface area contributed by atoms with E-state index in [-0.39, 0.29) is 11.2 Å². The van der Waals surface area contributed by atoms with Crippen molar-refractivity contribution < 1.29 is 13.5 Å². The van der Waals surface area contributed by atoms with Gasteiger partial charge in [0.1, 0.15) is 15.9 Å². The highest BCUT2D eigenvalue weighted by Gasteiger charge is 2.23. The molecular weight excluding hydrogens is 356 g/mol. The van der Waals surface area contributed by atoms with E-state index in [1.807, 2.05) is 11.6 Å². The van der Waals surface area contributed by atoms with Crippen molar-refractivity contribution in [3.8, 4) is 0 Å². The fourth-order valence-electron chi connectivity index (χ4n) is 3.20. The van der Waals surface area contributed by atoms with Gasteiger partial charge in [0.25, 0.3) is 0 Å². The molecule has 142 valence electrons. The van der Waals surface area contributed by atoms with Crippen LogP contribution in [-0.4, -0.2) is 51.7 Å². The predicted molar refractivity (Wildman–Crippen MR) is 97.5 cm³/mol. The molecule has 0 aromatic carbocycles. The number of aromatic amines is 1. The lowest BCUT2D eigenvalue weighted by atomic mass is 10.1. The Hall–Kier alpha value is -1.97. The third-order valence-corrected chi connectivity index (χ3v) is 5.62. The Labute approximate surface area is 152 Å². The summed E-state index contributed by atoms with van der Waals surface area (Å²) >= 11 is 0. The number of fused-ring (bicyclic) bond motifs is 1. The van der Waals surface area contributed by atoms with Crippen molar-refractivity contribution >= 4 is 9.84 Å². The summed E-state index contributed by atoms with van der Waals surface area (Å²) in [6, 6.07) is 1.76. The molecule has 0 fully saturated rings. The lowest BCUT2D eigenvalue weighted by molar-refractivity contribution is 0.190. The molecule has 3 rings (SSSR count). The van der Waals surface area contributed by atoms with Crippen LogP contribution in [-0.2, 0) is 29.5 Å². The lowest BCUT2D eigenvalue weighted by Gasteiger charge is -2.27. The van der Waals surface area contributed by atoms with E-state index in [1.54, 1.807) is 19.2 Å². The quantitative estimate of drug-likeness (QED) is 0.771. The second kappa shape index (κ2) is 6.98. The number of pyridine rings is 1. The van der Waals surface area contributed by atoms with Crippen LogP contribution < -0.4 is 5.43 Å². The zero-order valence-corrected chi connectivity index (χ0v) is 16.0. The average molecular weight is 380 g/mol. The molecule has 0 amide bonds. The normalized spacial score (nSPS) is 16.5. The molecule has 0 saturated carbocycles. The zero-order chi connectivity index (χ0) is 19.1. The maximum absolute atomic E-state index is 12.1. The summed E-state index contributed by atoms with van der Waals surface area (Å²) in [5.41, 5.74) is 3.69. The van der Waals surface area contributed by atoms with Gasteiger partial charge >= 0.3 is 0 Å². The van der Waals surface area contributed by atoms with E-state index < -0.39 is 15.9 Å². The van der Waals surface area contributed by atoms with E-state index in [4.69, 9.17) is 0 Å². The van der Waals surface area contributed by atoms with Crippen LogP contribution in [0.2, 0.25) is 0 Å². The zero-order valence-electron chi connectivity index (χ0n) is 15.2. The van der Waals surface area contributed by atoms with Gasteiger partial charge in [0.2, 0.25) is 0 Å². The monoisotopic (exact) mass is 380 g/mol. The van der Waals surface area contributed by atoms with Crippen LogP contribution in [0.3, 0.4) is 0 Å². The Morgan fingerprint density at radius 1 is 1.35 bits per heavy atom. The number of hydrogen-bond donors (Lipinski definition) is 2. The summed E-state index contributed by atoms with van der Waals surface area (Å²) in [5.74, 6) is -0.336. The first kappa shape index (κ1) is 18.8. The summed E-state index contributed by atoms with van der Waals surface area (Å²) in [5, 5.41) is 14.4. The van der Waals surface area contributed by atoms with Crippen LogP contribution in [0.5, 0.6) is 0 Å². The van der Waals surface area contributed by atoms with Crippen molar-refractivity contribution in [2.24, 2.45) is 0 Å². The molecule has 0 bridgehead atoms. The molecule has 0 unspecified atom stereocenters. The van der Waals surface area contributed by atoms with E-state index in [0.29, 0.717) is 30.9 Å². The molecule has 26 heavy (non-hydrogen) atoms. The first-order valence-corrected chi connectivity index (χ1v) is 10.5. The van der Waals surface area contributed by atoms with Gasteiger partial charge in [-0.2, -0.15) is 5.10 Å². The van der Waals surface area contributed by atoms with Gasteiger partial charge in [-0.25, -0.2) is 8.42 Å². The smallest absolute Gasteiger partial charge is 0.187 e. The van der Waals surface area contributed by atoms with Crippen LogP contribution in [0.1, 0.15) is 34.3 Å². The number of nitrogens with one attached hydrogen (secondary N) is 1. The number of H-pyrrole nitrogens is 1. The molecule has 9 heteroatoms. The summed E-state index contributed by atoms with van der Waals surface area (Å²) < 4.78 is 24.5. The minimum atomic E-state index is -3.28. The van der Waals surface area contributed by atoms with E-state index >= 15 is 0 Å². The molecule has 2 aromatic rings. The summed E-state index contributed by atoms with van der Waals surface area (Å²) in [6.07, 6.45) is 1.71. The van der Waals surface area contributed by atoms with Crippen molar-refractivity contribution in [1.29, 1.82) is 0 Å². The molecule has 0 spiro atoms. The van der Waals surface area contributed by atoms with Crippen LogP contribution in [0.4, 0.5) is 0 Å². The van der Waals surface area contributed by atoms with Gasteiger partial charge in [-0.15, -0.1) is 0 Å². The Kier molecular flexibility index (Phi) is 5.05. The second-order valence-corrected chi connectivity index (χ2v) is 9.19. The van der Waals surface area contributed by atoms with Crippen molar-refractivity contribution in [3.05, 3.63) is 50.7 Å². The number of aliphatic hydroxyl groups is 1. The number of sulfone groups is 1. The highest BCUT2D eigenvalue weighted by molar-refractivity contribution is 7.90. The molecule has 0 aliphatic carbocycles. The number of aliphatic hydroxyl groups excluding tert-OH is 1. The molecule has 1 atom stereocenters. The summed E-state index contributed by atoms with van der Waals surface area (Å²) in [7, 11) is -3.28. The molecule has 8 nitrogen and oxygen atoms in total. The number of aryl methyl sites for hydroxylation is 1. The minimum absolute atomic E-state index is 0.0620. The molecule has 2 N–H and O–H groups in total. The number of aromatic nitrogens is 3. The Morgan fingerprint density at radius 2 is 2.08 bits per heavy atom. The van der Waals surface area contributed by atoms with E-state index in [2.05, 4.69) is 15.0 Å². The molecular formula is C17H24N4O4S. The van der Waals surface area contributed by atoms with E-state index in [9.17, 15) is 18.3 Å². The summed E-state index contributed by atoms with van der Waals surface area (Å²) in [6.45, 7) is 6.26. The Bertz CT molecular complexity index is 977. The number of rotatable bonds is 5. The Morgan fingerprint density at radius 3 is 2.77 bits per heavy atom. The van der Waals surface area contributed by atoms with E-state index in [0.717, 1.165) is 29.8 Å². The maximum Gasteiger partial charge on any atom is 0.187 e. The largest absolute Gasteiger partial charge is 0.386 e. The third kappa shape index (κ3) is 4.05. The predicted octanol–water partition coefficient (Wildman–Crippen LogP) is 0.282. The molecule has 0 saturated heterocycles.